The summed E-state index contributed by atoms with van der Waals surface area (Å²) in [7, 11) is 0. The SMILES string of the molecule is CCC(C)COCC(C)COCC(C)COCC(C)COCC(COCC(C)CC)C(CC)CC. The highest BCUT2D eigenvalue weighted by molar-refractivity contribution is 4.68. The Labute approximate surface area is 219 Å². The summed E-state index contributed by atoms with van der Waals surface area (Å²) < 4.78 is 29.8. The van der Waals surface area contributed by atoms with E-state index in [1.165, 1.54) is 25.7 Å². The molecule has 0 fully saturated rings. The molecule has 6 unspecified atom stereocenters. The first-order chi connectivity index (χ1) is 16.8. The van der Waals surface area contributed by atoms with Crippen LogP contribution in [0.5, 0.6) is 0 Å². The normalized spacial score (nSPS) is 17.3. The molecule has 35 heavy (non-hydrogen) atoms. The lowest BCUT2D eigenvalue weighted by Gasteiger charge is -2.26. The lowest BCUT2D eigenvalue weighted by atomic mass is 9.89. The smallest absolute Gasteiger partial charge is 0.0519 e. The zero-order valence-electron chi connectivity index (χ0n) is 25.0. The van der Waals surface area contributed by atoms with E-state index in [1.807, 2.05) is 0 Å². The van der Waals surface area contributed by atoms with Crippen LogP contribution in [0.3, 0.4) is 0 Å². The second-order valence-corrected chi connectivity index (χ2v) is 11.4. The summed E-state index contributed by atoms with van der Waals surface area (Å²) in [5.41, 5.74) is 0. The number of hydrogen-bond donors (Lipinski definition) is 0. The van der Waals surface area contributed by atoms with E-state index in [9.17, 15) is 0 Å². The summed E-state index contributed by atoms with van der Waals surface area (Å²) >= 11 is 0. The van der Waals surface area contributed by atoms with Gasteiger partial charge in [-0.1, -0.05) is 88.0 Å². The topological polar surface area (TPSA) is 46.2 Å². The fourth-order valence-electron chi connectivity index (χ4n) is 3.91. The Hall–Kier alpha value is -0.200. The Morgan fingerprint density at radius 3 is 0.829 bits per heavy atom. The van der Waals surface area contributed by atoms with Crippen molar-refractivity contribution in [2.24, 2.45) is 41.4 Å². The molecular weight excluding hydrogens is 440 g/mol. The summed E-state index contributed by atoms with van der Waals surface area (Å²) in [6.07, 6.45) is 4.69. The van der Waals surface area contributed by atoms with Crippen LogP contribution in [0.2, 0.25) is 0 Å². The second kappa shape index (κ2) is 23.0. The second-order valence-electron chi connectivity index (χ2n) is 11.4. The molecule has 0 aliphatic carbocycles. The number of rotatable bonds is 25. The highest BCUT2D eigenvalue weighted by atomic mass is 16.5. The average molecular weight is 503 g/mol. The Balaban J connectivity index is 3.98. The van der Waals surface area contributed by atoms with Crippen LogP contribution in [0.15, 0.2) is 0 Å². The zero-order valence-corrected chi connectivity index (χ0v) is 25.0. The first-order valence-corrected chi connectivity index (χ1v) is 14.7. The van der Waals surface area contributed by atoms with Gasteiger partial charge in [0.05, 0.1) is 52.9 Å². The van der Waals surface area contributed by atoms with Gasteiger partial charge < -0.3 is 23.7 Å². The van der Waals surface area contributed by atoms with Crippen LogP contribution in [0.25, 0.3) is 0 Å². The van der Waals surface area contributed by atoms with Gasteiger partial charge in [-0.3, -0.25) is 0 Å². The van der Waals surface area contributed by atoms with Gasteiger partial charge in [-0.2, -0.15) is 0 Å². The Morgan fingerprint density at radius 2 is 0.571 bits per heavy atom. The van der Waals surface area contributed by atoms with E-state index in [0.29, 0.717) is 41.4 Å². The molecule has 0 saturated carbocycles. The van der Waals surface area contributed by atoms with Crippen molar-refractivity contribution in [3.63, 3.8) is 0 Å². The van der Waals surface area contributed by atoms with Gasteiger partial charge >= 0.3 is 0 Å². The first kappa shape index (κ1) is 34.8. The van der Waals surface area contributed by atoms with E-state index in [1.54, 1.807) is 0 Å². The molecule has 0 aromatic rings. The predicted molar refractivity (Wildman–Crippen MR) is 148 cm³/mol. The molecule has 0 bridgehead atoms. The van der Waals surface area contributed by atoms with Crippen LogP contribution in [-0.4, -0.2) is 66.1 Å². The van der Waals surface area contributed by atoms with Gasteiger partial charge in [-0.05, 0) is 17.8 Å². The molecule has 0 aliphatic rings. The number of hydrogen-bond acceptors (Lipinski definition) is 5. The monoisotopic (exact) mass is 502 g/mol. The maximum atomic E-state index is 6.13. The standard InChI is InChI=1S/C30H62O5/c1-10-24(5)14-31-16-26(7)17-32-18-27(8)19-33-20-28(9)21-35-23-30(29(12-3)13-4)22-34-15-25(6)11-2/h24-30H,10-23H2,1-9H3. The third-order valence-electron chi connectivity index (χ3n) is 6.99. The summed E-state index contributed by atoms with van der Waals surface area (Å²) in [5.74, 6) is 3.59. The molecule has 0 amide bonds. The van der Waals surface area contributed by atoms with E-state index < -0.39 is 0 Å². The predicted octanol–water partition coefficient (Wildman–Crippen LogP) is 7.12. The summed E-state index contributed by atoms with van der Waals surface area (Å²) in [6, 6.07) is 0. The van der Waals surface area contributed by atoms with Gasteiger partial charge in [-0.25, -0.2) is 0 Å². The minimum Gasteiger partial charge on any atom is -0.381 e. The third kappa shape index (κ3) is 19.6. The molecule has 0 saturated heterocycles. The molecule has 0 aromatic heterocycles. The molecule has 0 rings (SSSR count). The zero-order chi connectivity index (χ0) is 26.5. The van der Waals surface area contributed by atoms with Gasteiger partial charge in [0.1, 0.15) is 0 Å². The van der Waals surface area contributed by atoms with E-state index in [-0.39, 0.29) is 0 Å². The highest BCUT2D eigenvalue weighted by Gasteiger charge is 2.20. The van der Waals surface area contributed by atoms with E-state index in [4.69, 9.17) is 23.7 Å². The molecular formula is C30H62O5. The highest BCUT2D eigenvalue weighted by Crippen LogP contribution is 2.21. The van der Waals surface area contributed by atoms with Gasteiger partial charge in [0, 0.05) is 36.9 Å². The van der Waals surface area contributed by atoms with E-state index in [0.717, 1.165) is 66.1 Å². The van der Waals surface area contributed by atoms with Crippen molar-refractivity contribution in [2.45, 2.75) is 88.0 Å². The van der Waals surface area contributed by atoms with Gasteiger partial charge in [0.25, 0.3) is 0 Å². The fraction of sp³-hybridized carbons (Fsp3) is 1.00. The lowest BCUT2D eigenvalue weighted by Crippen LogP contribution is -2.27. The molecule has 5 nitrogen and oxygen atoms in total. The molecule has 0 spiro atoms. The van der Waals surface area contributed by atoms with Crippen molar-refractivity contribution in [1.82, 2.24) is 0 Å². The summed E-state index contributed by atoms with van der Waals surface area (Å²) in [6.45, 7) is 27.8. The average Bonchev–Trinajstić information content (AvgIpc) is 2.84. The molecule has 0 N–H and O–H groups in total. The lowest BCUT2D eigenvalue weighted by molar-refractivity contribution is -0.0206. The van der Waals surface area contributed by atoms with Crippen molar-refractivity contribution < 1.29 is 23.7 Å². The first-order valence-electron chi connectivity index (χ1n) is 14.7. The minimum absolute atomic E-state index is 0.384. The van der Waals surface area contributed by atoms with E-state index in [2.05, 4.69) is 62.3 Å². The van der Waals surface area contributed by atoms with Gasteiger partial charge in [0.15, 0.2) is 0 Å². The maximum Gasteiger partial charge on any atom is 0.0519 e. The fourth-order valence-corrected chi connectivity index (χ4v) is 3.91. The largest absolute Gasteiger partial charge is 0.381 e. The molecule has 0 radical (unpaired) electrons. The molecule has 0 heterocycles. The third-order valence-corrected chi connectivity index (χ3v) is 6.99. The van der Waals surface area contributed by atoms with Crippen molar-refractivity contribution in [2.75, 3.05) is 66.1 Å². The van der Waals surface area contributed by atoms with Crippen LogP contribution >= 0.6 is 0 Å². The van der Waals surface area contributed by atoms with Crippen LogP contribution in [-0.2, 0) is 23.7 Å². The molecule has 6 atom stereocenters. The minimum atomic E-state index is 0.384. The quantitative estimate of drug-likeness (QED) is 0.133. The molecule has 5 heteroatoms. The van der Waals surface area contributed by atoms with Crippen molar-refractivity contribution >= 4 is 0 Å². The summed E-state index contributed by atoms with van der Waals surface area (Å²) in [4.78, 5) is 0. The number of ether oxygens (including phenoxy) is 5. The Kier molecular flexibility index (Phi) is 22.8. The van der Waals surface area contributed by atoms with Gasteiger partial charge in [0.2, 0.25) is 0 Å². The van der Waals surface area contributed by atoms with Crippen LogP contribution in [0.4, 0.5) is 0 Å². The van der Waals surface area contributed by atoms with Crippen LogP contribution in [0.1, 0.15) is 88.0 Å². The van der Waals surface area contributed by atoms with Crippen molar-refractivity contribution in [1.29, 1.82) is 0 Å². The summed E-state index contributed by atoms with van der Waals surface area (Å²) in [5, 5.41) is 0. The van der Waals surface area contributed by atoms with Crippen molar-refractivity contribution in [3.8, 4) is 0 Å². The Bertz CT molecular complexity index is 442. The van der Waals surface area contributed by atoms with Crippen LogP contribution < -0.4 is 0 Å². The Morgan fingerprint density at radius 1 is 0.314 bits per heavy atom. The van der Waals surface area contributed by atoms with Gasteiger partial charge in [-0.15, -0.1) is 0 Å². The molecule has 0 aliphatic heterocycles. The molecule has 0 aromatic carbocycles. The van der Waals surface area contributed by atoms with E-state index >= 15 is 0 Å². The van der Waals surface area contributed by atoms with Crippen molar-refractivity contribution in [3.05, 3.63) is 0 Å². The molecule has 212 valence electrons. The maximum absolute atomic E-state index is 6.13. The van der Waals surface area contributed by atoms with Crippen LogP contribution in [0, 0.1) is 41.4 Å².